The summed E-state index contributed by atoms with van der Waals surface area (Å²) in [5, 5.41) is 5.35. The quantitative estimate of drug-likeness (QED) is 0.754. The second kappa shape index (κ2) is 9.45. The zero-order valence-electron chi connectivity index (χ0n) is 12.2. The smallest absolute Gasteiger partial charge is 0.243 e. The van der Waals surface area contributed by atoms with Crippen molar-refractivity contribution in [3.8, 4) is 0 Å². The molecule has 104 valence electrons. The molecule has 0 fully saturated rings. The van der Waals surface area contributed by atoms with Crippen LogP contribution in [0.5, 0.6) is 0 Å². The van der Waals surface area contributed by atoms with Crippen LogP contribution < -0.4 is 10.6 Å². The van der Waals surface area contributed by atoms with Crippen LogP contribution in [-0.2, 0) is 9.59 Å². The standard InChI is InChI=1S/C8H15NO.C6H11NO/c1-5-7(10)9-6-8(2,3)4;1-4-6(8)7-5(2)3/h5H,1,6H2,2-4H3,(H,9,10);4-5H,1H2,2-3H3,(H,7,8). The van der Waals surface area contributed by atoms with Crippen LogP contribution in [0.1, 0.15) is 34.6 Å². The predicted octanol–water partition coefficient (Wildman–Crippen LogP) is 2.03. The van der Waals surface area contributed by atoms with Crippen molar-refractivity contribution in [2.24, 2.45) is 5.41 Å². The molecule has 0 atom stereocenters. The number of hydrogen-bond donors (Lipinski definition) is 2. The molecule has 0 heterocycles. The van der Waals surface area contributed by atoms with E-state index < -0.39 is 0 Å². The Morgan fingerprint density at radius 3 is 1.78 bits per heavy atom. The Kier molecular flexibility index (Phi) is 9.86. The minimum Gasteiger partial charge on any atom is -0.352 e. The van der Waals surface area contributed by atoms with Crippen LogP contribution in [-0.4, -0.2) is 24.4 Å². The van der Waals surface area contributed by atoms with Gasteiger partial charge in [-0.05, 0) is 31.4 Å². The van der Waals surface area contributed by atoms with E-state index in [1.165, 1.54) is 12.2 Å². The first-order valence-corrected chi connectivity index (χ1v) is 5.95. The van der Waals surface area contributed by atoms with E-state index in [9.17, 15) is 9.59 Å². The fraction of sp³-hybridized carbons (Fsp3) is 0.571. The molecule has 4 heteroatoms. The third-order valence-electron chi connectivity index (χ3n) is 1.59. The van der Waals surface area contributed by atoms with Crippen LogP contribution in [0.3, 0.4) is 0 Å². The summed E-state index contributed by atoms with van der Waals surface area (Å²) >= 11 is 0. The highest BCUT2D eigenvalue weighted by Gasteiger charge is 2.09. The van der Waals surface area contributed by atoms with E-state index in [-0.39, 0.29) is 23.3 Å². The summed E-state index contributed by atoms with van der Waals surface area (Å²) in [6.07, 6.45) is 2.55. The molecular formula is C14H26N2O2. The van der Waals surface area contributed by atoms with Crippen LogP contribution in [0.25, 0.3) is 0 Å². The van der Waals surface area contributed by atoms with Crippen molar-refractivity contribution in [1.29, 1.82) is 0 Å². The van der Waals surface area contributed by atoms with Crippen molar-refractivity contribution in [3.63, 3.8) is 0 Å². The molecule has 0 aliphatic heterocycles. The summed E-state index contributed by atoms with van der Waals surface area (Å²) in [5.74, 6) is -0.213. The Morgan fingerprint density at radius 1 is 1.11 bits per heavy atom. The van der Waals surface area contributed by atoms with Gasteiger partial charge in [0.25, 0.3) is 0 Å². The first-order chi connectivity index (χ1) is 8.12. The molecule has 0 saturated carbocycles. The fourth-order valence-corrected chi connectivity index (χ4v) is 0.768. The molecule has 0 radical (unpaired) electrons. The molecule has 0 spiro atoms. The van der Waals surface area contributed by atoms with E-state index in [0.717, 1.165) is 0 Å². The highest BCUT2D eigenvalue weighted by molar-refractivity contribution is 5.87. The van der Waals surface area contributed by atoms with Crippen molar-refractivity contribution >= 4 is 11.8 Å². The lowest BCUT2D eigenvalue weighted by Crippen LogP contribution is -2.30. The highest BCUT2D eigenvalue weighted by atomic mass is 16.2. The third kappa shape index (κ3) is 16.8. The summed E-state index contributed by atoms with van der Waals surface area (Å²) in [6, 6.07) is 0.209. The van der Waals surface area contributed by atoms with E-state index in [2.05, 4.69) is 44.6 Å². The van der Waals surface area contributed by atoms with Gasteiger partial charge in [0.05, 0.1) is 0 Å². The van der Waals surface area contributed by atoms with Crippen molar-refractivity contribution in [2.45, 2.75) is 40.7 Å². The summed E-state index contributed by atoms with van der Waals surface area (Å²) in [7, 11) is 0. The van der Waals surface area contributed by atoms with Gasteiger partial charge in [-0.1, -0.05) is 33.9 Å². The van der Waals surface area contributed by atoms with Crippen molar-refractivity contribution in [3.05, 3.63) is 25.3 Å². The van der Waals surface area contributed by atoms with Gasteiger partial charge in [0.2, 0.25) is 11.8 Å². The van der Waals surface area contributed by atoms with Gasteiger partial charge in [-0.3, -0.25) is 9.59 Å². The lowest BCUT2D eigenvalue weighted by Gasteiger charge is -2.17. The largest absolute Gasteiger partial charge is 0.352 e. The van der Waals surface area contributed by atoms with Gasteiger partial charge in [-0.25, -0.2) is 0 Å². The average molecular weight is 254 g/mol. The molecule has 2 N–H and O–H groups in total. The third-order valence-corrected chi connectivity index (χ3v) is 1.59. The molecule has 0 saturated heterocycles. The lowest BCUT2D eigenvalue weighted by molar-refractivity contribution is -0.117. The predicted molar refractivity (Wildman–Crippen MR) is 76.1 cm³/mol. The molecule has 4 nitrogen and oxygen atoms in total. The van der Waals surface area contributed by atoms with E-state index >= 15 is 0 Å². The minimum atomic E-state index is -0.111. The summed E-state index contributed by atoms with van der Waals surface area (Å²) in [5.41, 5.74) is 0.151. The maximum absolute atomic E-state index is 10.6. The molecule has 0 aliphatic carbocycles. The van der Waals surface area contributed by atoms with Gasteiger partial charge >= 0.3 is 0 Å². The number of carbonyl (C=O) groups excluding carboxylic acids is 2. The number of rotatable bonds is 4. The summed E-state index contributed by atoms with van der Waals surface area (Å²) < 4.78 is 0. The van der Waals surface area contributed by atoms with Gasteiger partial charge in [0.1, 0.15) is 0 Å². The molecule has 0 aromatic rings. The highest BCUT2D eigenvalue weighted by Crippen LogP contribution is 2.09. The summed E-state index contributed by atoms with van der Waals surface area (Å²) in [4.78, 5) is 21.0. The van der Waals surface area contributed by atoms with Crippen molar-refractivity contribution in [1.82, 2.24) is 10.6 Å². The van der Waals surface area contributed by atoms with E-state index in [0.29, 0.717) is 6.54 Å². The van der Waals surface area contributed by atoms with Crippen LogP contribution in [0.2, 0.25) is 0 Å². The Labute approximate surface area is 111 Å². The average Bonchev–Trinajstić information content (AvgIpc) is 2.24. The minimum absolute atomic E-state index is 0.102. The van der Waals surface area contributed by atoms with Gasteiger partial charge in [-0.2, -0.15) is 0 Å². The molecule has 0 bridgehead atoms. The number of hydrogen-bond acceptors (Lipinski definition) is 2. The maximum atomic E-state index is 10.6. The number of amides is 2. The molecule has 2 amide bonds. The SMILES string of the molecule is C=CC(=O)NC(C)C.C=CC(=O)NCC(C)(C)C. The van der Waals surface area contributed by atoms with Crippen LogP contribution in [0.4, 0.5) is 0 Å². The number of nitrogens with one attached hydrogen (secondary N) is 2. The molecule has 0 rings (SSSR count). The van der Waals surface area contributed by atoms with Gasteiger partial charge in [-0.15, -0.1) is 0 Å². The molecule has 0 aromatic carbocycles. The first-order valence-electron chi connectivity index (χ1n) is 5.95. The van der Waals surface area contributed by atoms with Gasteiger partial charge < -0.3 is 10.6 Å². The lowest BCUT2D eigenvalue weighted by atomic mass is 9.97. The zero-order valence-corrected chi connectivity index (χ0v) is 12.2. The number of carbonyl (C=O) groups is 2. The van der Waals surface area contributed by atoms with E-state index in [4.69, 9.17) is 0 Å². The van der Waals surface area contributed by atoms with E-state index in [1.807, 2.05) is 13.8 Å². The Bertz CT molecular complexity index is 289. The van der Waals surface area contributed by atoms with Crippen LogP contribution >= 0.6 is 0 Å². The monoisotopic (exact) mass is 254 g/mol. The van der Waals surface area contributed by atoms with Crippen LogP contribution in [0, 0.1) is 5.41 Å². The summed E-state index contributed by atoms with van der Waals surface area (Å²) in [6.45, 7) is 17.3. The maximum Gasteiger partial charge on any atom is 0.243 e. The van der Waals surface area contributed by atoms with Gasteiger partial charge in [0.15, 0.2) is 0 Å². The topological polar surface area (TPSA) is 58.2 Å². The van der Waals surface area contributed by atoms with Crippen LogP contribution in [0.15, 0.2) is 25.3 Å². The Hall–Kier alpha value is -1.58. The first kappa shape index (κ1) is 18.8. The second-order valence-electron chi connectivity index (χ2n) is 5.35. The zero-order chi connectivity index (χ0) is 14.8. The van der Waals surface area contributed by atoms with E-state index in [1.54, 1.807) is 0 Å². The molecule has 0 aromatic heterocycles. The molecule has 18 heavy (non-hydrogen) atoms. The normalized spacial score (nSPS) is 9.89. The molecular weight excluding hydrogens is 228 g/mol. The molecule has 0 unspecified atom stereocenters. The van der Waals surface area contributed by atoms with Crippen molar-refractivity contribution in [2.75, 3.05) is 6.54 Å². The second-order valence-corrected chi connectivity index (χ2v) is 5.35. The molecule has 0 aliphatic rings. The Morgan fingerprint density at radius 2 is 1.56 bits per heavy atom. The fourth-order valence-electron chi connectivity index (χ4n) is 0.768. The van der Waals surface area contributed by atoms with Gasteiger partial charge in [0, 0.05) is 12.6 Å². The Balaban J connectivity index is 0. The van der Waals surface area contributed by atoms with Crippen molar-refractivity contribution < 1.29 is 9.59 Å².